The maximum absolute atomic E-state index is 6.00. The number of aryl methyl sites for hydroxylation is 1. The number of pyridine rings is 1. The van der Waals surface area contributed by atoms with E-state index in [2.05, 4.69) is 9.97 Å². The standard InChI is InChI=1S/C13H17BN2O3/c1-8-16-10-9(17-8)6-7-15-11(10)14-18-12(2,3)13(4,5)19-14/h6-7H,1-5H3. The molecule has 0 amide bonds. The van der Waals surface area contributed by atoms with E-state index in [9.17, 15) is 0 Å². The molecular formula is C13H17BN2O3. The average molecular weight is 260 g/mol. The lowest BCUT2D eigenvalue weighted by Gasteiger charge is -2.32. The number of oxazole rings is 1. The highest BCUT2D eigenvalue weighted by molar-refractivity contribution is 6.63. The number of aromatic nitrogens is 2. The fourth-order valence-electron chi connectivity index (χ4n) is 2.11. The van der Waals surface area contributed by atoms with Crippen LogP contribution in [0.1, 0.15) is 33.6 Å². The molecule has 0 atom stereocenters. The molecule has 0 aliphatic carbocycles. The highest BCUT2D eigenvalue weighted by atomic mass is 16.7. The minimum atomic E-state index is -0.516. The van der Waals surface area contributed by atoms with Gasteiger partial charge >= 0.3 is 7.12 Å². The zero-order chi connectivity index (χ0) is 13.8. The molecule has 3 rings (SSSR count). The van der Waals surface area contributed by atoms with E-state index in [0.717, 1.165) is 0 Å². The van der Waals surface area contributed by atoms with Crippen molar-refractivity contribution in [1.29, 1.82) is 0 Å². The third kappa shape index (κ3) is 1.86. The summed E-state index contributed by atoms with van der Waals surface area (Å²) in [5.74, 6) is 0.612. The molecule has 0 bridgehead atoms. The van der Waals surface area contributed by atoms with Crippen molar-refractivity contribution < 1.29 is 13.7 Å². The minimum absolute atomic E-state index is 0.389. The van der Waals surface area contributed by atoms with Crippen LogP contribution in [0.15, 0.2) is 16.7 Å². The van der Waals surface area contributed by atoms with Crippen LogP contribution in [0.5, 0.6) is 0 Å². The number of hydrogen-bond donors (Lipinski definition) is 0. The SMILES string of the molecule is Cc1nc2c(B3OC(C)(C)C(C)(C)O3)nccc2o1. The molecule has 0 radical (unpaired) electrons. The van der Waals surface area contributed by atoms with Crippen LogP contribution >= 0.6 is 0 Å². The Morgan fingerprint density at radius 2 is 1.74 bits per heavy atom. The van der Waals surface area contributed by atoms with Gasteiger partial charge in [0.05, 0.1) is 11.2 Å². The van der Waals surface area contributed by atoms with Crippen molar-refractivity contribution in [3.63, 3.8) is 0 Å². The van der Waals surface area contributed by atoms with Crippen LogP contribution in [0.2, 0.25) is 0 Å². The zero-order valence-electron chi connectivity index (χ0n) is 11.9. The second-order valence-electron chi connectivity index (χ2n) is 5.86. The Bertz CT molecular complexity index is 620. The Balaban J connectivity index is 2.07. The van der Waals surface area contributed by atoms with Crippen LogP contribution in [-0.4, -0.2) is 28.3 Å². The van der Waals surface area contributed by atoms with Crippen molar-refractivity contribution >= 4 is 23.8 Å². The molecule has 100 valence electrons. The van der Waals surface area contributed by atoms with E-state index >= 15 is 0 Å². The Morgan fingerprint density at radius 1 is 1.11 bits per heavy atom. The van der Waals surface area contributed by atoms with Gasteiger partial charge in [0.1, 0.15) is 11.1 Å². The maximum atomic E-state index is 6.00. The first kappa shape index (κ1) is 12.6. The summed E-state index contributed by atoms with van der Waals surface area (Å²) in [6.07, 6.45) is 1.69. The molecule has 6 heteroatoms. The maximum Gasteiger partial charge on any atom is 0.516 e. The largest absolute Gasteiger partial charge is 0.516 e. The van der Waals surface area contributed by atoms with Gasteiger partial charge in [0.15, 0.2) is 11.5 Å². The van der Waals surface area contributed by atoms with Gasteiger partial charge < -0.3 is 13.7 Å². The second-order valence-corrected chi connectivity index (χ2v) is 5.86. The van der Waals surface area contributed by atoms with Gasteiger partial charge in [0, 0.05) is 19.2 Å². The quantitative estimate of drug-likeness (QED) is 0.732. The van der Waals surface area contributed by atoms with Crippen LogP contribution in [0.25, 0.3) is 11.1 Å². The summed E-state index contributed by atoms with van der Waals surface area (Å²) in [7, 11) is -0.516. The molecule has 2 aromatic rings. The van der Waals surface area contributed by atoms with E-state index in [1.165, 1.54) is 0 Å². The highest BCUT2D eigenvalue weighted by Gasteiger charge is 2.53. The van der Waals surface area contributed by atoms with Gasteiger partial charge in [-0.15, -0.1) is 0 Å². The summed E-state index contributed by atoms with van der Waals surface area (Å²) in [5.41, 5.74) is 1.31. The summed E-state index contributed by atoms with van der Waals surface area (Å²) >= 11 is 0. The number of nitrogens with zero attached hydrogens (tertiary/aromatic N) is 2. The number of hydrogen-bond acceptors (Lipinski definition) is 5. The second kappa shape index (κ2) is 3.80. The zero-order valence-corrected chi connectivity index (χ0v) is 11.9. The fourth-order valence-corrected chi connectivity index (χ4v) is 2.11. The molecule has 1 saturated heterocycles. The molecule has 5 nitrogen and oxygen atoms in total. The minimum Gasteiger partial charge on any atom is -0.441 e. The number of rotatable bonds is 1. The van der Waals surface area contributed by atoms with Gasteiger partial charge in [0.2, 0.25) is 0 Å². The third-order valence-corrected chi connectivity index (χ3v) is 3.92. The van der Waals surface area contributed by atoms with Gasteiger partial charge in [-0.2, -0.15) is 0 Å². The normalized spacial score (nSPS) is 21.2. The van der Waals surface area contributed by atoms with Crippen molar-refractivity contribution in [3.05, 3.63) is 18.2 Å². The van der Waals surface area contributed by atoms with Crippen molar-refractivity contribution in [3.8, 4) is 0 Å². The van der Waals surface area contributed by atoms with E-state index in [-0.39, 0.29) is 11.2 Å². The molecule has 0 saturated carbocycles. The first-order chi connectivity index (χ1) is 8.80. The summed E-state index contributed by atoms with van der Waals surface area (Å²) in [6.45, 7) is 9.87. The Morgan fingerprint density at radius 3 is 2.37 bits per heavy atom. The van der Waals surface area contributed by atoms with E-state index < -0.39 is 7.12 Å². The van der Waals surface area contributed by atoms with Gasteiger partial charge in [0.25, 0.3) is 0 Å². The van der Waals surface area contributed by atoms with Crippen molar-refractivity contribution in [2.45, 2.75) is 45.8 Å². The van der Waals surface area contributed by atoms with Crippen molar-refractivity contribution in [2.24, 2.45) is 0 Å². The molecule has 0 aromatic carbocycles. The molecule has 1 aliphatic rings. The van der Waals surface area contributed by atoms with Crippen LogP contribution in [0.3, 0.4) is 0 Å². The molecule has 3 heterocycles. The van der Waals surface area contributed by atoms with E-state index in [1.807, 2.05) is 34.6 Å². The summed E-state index contributed by atoms with van der Waals surface area (Å²) < 4.78 is 17.5. The summed E-state index contributed by atoms with van der Waals surface area (Å²) in [5, 5.41) is 0. The lowest BCUT2D eigenvalue weighted by molar-refractivity contribution is 0.00578. The third-order valence-electron chi connectivity index (χ3n) is 3.92. The Kier molecular flexibility index (Phi) is 2.53. The topological polar surface area (TPSA) is 57.4 Å². The van der Waals surface area contributed by atoms with Crippen LogP contribution < -0.4 is 5.59 Å². The summed E-state index contributed by atoms with van der Waals surface area (Å²) in [4.78, 5) is 8.72. The van der Waals surface area contributed by atoms with E-state index in [1.54, 1.807) is 12.3 Å². The predicted molar refractivity (Wildman–Crippen MR) is 72.3 cm³/mol. The highest BCUT2D eigenvalue weighted by Crippen LogP contribution is 2.36. The first-order valence-electron chi connectivity index (χ1n) is 6.38. The first-order valence-corrected chi connectivity index (χ1v) is 6.38. The molecule has 0 N–H and O–H groups in total. The van der Waals surface area contributed by atoms with Crippen LogP contribution in [0, 0.1) is 6.92 Å². The van der Waals surface area contributed by atoms with Crippen molar-refractivity contribution in [2.75, 3.05) is 0 Å². The molecule has 0 spiro atoms. The number of fused-ring (bicyclic) bond motifs is 1. The van der Waals surface area contributed by atoms with E-state index in [0.29, 0.717) is 22.6 Å². The fraction of sp³-hybridized carbons (Fsp3) is 0.538. The van der Waals surface area contributed by atoms with Gasteiger partial charge in [-0.05, 0) is 27.7 Å². The summed E-state index contributed by atoms with van der Waals surface area (Å²) in [6, 6.07) is 1.80. The molecule has 19 heavy (non-hydrogen) atoms. The van der Waals surface area contributed by atoms with Gasteiger partial charge in [-0.1, -0.05) is 0 Å². The molecular weight excluding hydrogens is 243 g/mol. The van der Waals surface area contributed by atoms with Gasteiger partial charge in [-0.25, -0.2) is 4.98 Å². The molecule has 1 fully saturated rings. The smallest absolute Gasteiger partial charge is 0.441 e. The lowest BCUT2D eigenvalue weighted by Crippen LogP contribution is -2.41. The lowest BCUT2D eigenvalue weighted by atomic mass is 9.83. The average Bonchev–Trinajstić information content (AvgIpc) is 2.75. The molecule has 1 aliphatic heterocycles. The van der Waals surface area contributed by atoms with E-state index in [4.69, 9.17) is 13.7 Å². The van der Waals surface area contributed by atoms with Crippen LogP contribution in [0.4, 0.5) is 0 Å². The Hall–Kier alpha value is -1.40. The Labute approximate surface area is 112 Å². The molecule has 2 aromatic heterocycles. The van der Waals surface area contributed by atoms with Crippen molar-refractivity contribution in [1.82, 2.24) is 9.97 Å². The predicted octanol–water partition coefficient (Wildman–Crippen LogP) is 1.83. The van der Waals surface area contributed by atoms with Crippen LogP contribution in [-0.2, 0) is 9.31 Å². The monoisotopic (exact) mass is 260 g/mol. The molecule has 0 unspecified atom stereocenters. The van der Waals surface area contributed by atoms with Gasteiger partial charge in [-0.3, -0.25) is 4.98 Å².